The molecule has 0 fully saturated rings. The Bertz CT molecular complexity index is 276. The summed E-state index contributed by atoms with van der Waals surface area (Å²) in [6.45, 7) is 2.02. The first-order valence-corrected chi connectivity index (χ1v) is 4.34. The van der Waals surface area contributed by atoms with E-state index in [0.29, 0.717) is 0 Å². The van der Waals surface area contributed by atoms with Crippen LogP contribution in [0.3, 0.4) is 0 Å². The summed E-state index contributed by atoms with van der Waals surface area (Å²) in [6, 6.07) is 0. The van der Waals surface area contributed by atoms with Crippen molar-refractivity contribution in [1.82, 2.24) is 0 Å². The first-order valence-electron chi connectivity index (χ1n) is 4.34. The molecule has 80 valence electrons. The molecule has 0 spiro atoms. The second-order valence-electron chi connectivity index (χ2n) is 4.04. The van der Waals surface area contributed by atoms with E-state index in [2.05, 4.69) is 0 Å². The summed E-state index contributed by atoms with van der Waals surface area (Å²) in [5, 5.41) is 9.88. The lowest BCUT2D eigenvalue weighted by Gasteiger charge is -2.42. The van der Waals surface area contributed by atoms with Crippen molar-refractivity contribution in [2.45, 2.75) is 32.0 Å². The molecule has 0 aromatic carbocycles. The summed E-state index contributed by atoms with van der Waals surface area (Å²) in [6.07, 6.45) is 1.39. The Morgan fingerprint density at radius 2 is 1.79 bits per heavy atom. The van der Waals surface area contributed by atoms with Gasteiger partial charge in [-0.25, -0.2) is 0 Å². The van der Waals surface area contributed by atoms with Gasteiger partial charge in [-0.15, -0.1) is 0 Å². The van der Waals surface area contributed by atoms with Crippen LogP contribution in [0.25, 0.3) is 0 Å². The third-order valence-electron chi connectivity index (χ3n) is 2.84. The molecule has 1 unspecified atom stereocenters. The molecule has 1 atom stereocenters. The van der Waals surface area contributed by atoms with Crippen LogP contribution in [-0.4, -0.2) is 16.9 Å². The molecule has 1 rings (SSSR count). The highest BCUT2D eigenvalue weighted by Crippen LogP contribution is 2.48. The number of alkyl halides is 3. The van der Waals surface area contributed by atoms with Gasteiger partial charge in [0.05, 0.1) is 5.41 Å². The first kappa shape index (κ1) is 11.3. The van der Waals surface area contributed by atoms with Crippen LogP contribution in [0.15, 0.2) is 24.3 Å². The molecule has 0 heterocycles. The van der Waals surface area contributed by atoms with Crippen LogP contribution in [0.1, 0.15) is 20.3 Å². The van der Waals surface area contributed by atoms with Gasteiger partial charge in [0.2, 0.25) is 0 Å². The Morgan fingerprint density at radius 3 is 2.14 bits per heavy atom. The molecule has 1 aliphatic rings. The number of hydrogen-bond acceptors (Lipinski definition) is 1. The normalized spacial score (nSPS) is 28.1. The Labute approximate surface area is 80.9 Å². The van der Waals surface area contributed by atoms with Gasteiger partial charge in [0.15, 0.2) is 0 Å². The fourth-order valence-corrected chi connectivity index (χ4v) is 1.32. The average molecular weight is 206 g/mol. The minimum Gasteiger partial charge on any atom is -0.385 e. The number of halogens is 3. The maximum absolute atomic E-state index is 12.6. The van der Waals surface area contributed by atoms with Gasteiger partial charge in [0.25, 0.3) is 0 Å². The van der Waals surface area contributed by atoms with E-state index in [9.17, 15) is 18.3 Å². The molecule has 0 aromatic rings. The van der Waals surface area contributed by atoms with E-state index in [-0.39, 0.29) is 6.42 Å². The van der Waals surface area contributed by atoms with E-state index in [4.69, 9.17) is 0 Å². The molecule has 0 radical (unpaired) electrons. The van der Waals surface area contributed by atoms with E-state index in [1.165, 1.54) is 18.2 Å². The van der Waals surface area contributed by atoms with Crippen LogP contribution < -0.4 is 0 Å². The largest absolute Gasteiger partial charge is 0.397 e. The Balaban J connectivity index is 3.03. The van der Waals surface area contributed by atoms with Crippen molar-refractivity contribution >= 4 is 0 Å². The summed E-state index contributed by atoms with van der Waals surface area (Å²) < 4.78 is 37.9. The van der Waals surface area contributed by atoms with Gasteiger partial charge in [0, 0.05) is 0 Å². The summed E-state index contributed by atoms with van der Waals surface area (Å²) >= 11 is 0. The fraction of sp³-hybridized carbons (Fsp3) is 0.600. The first-order chi connectivity index (χ1) is 6.21. The Kier molecular flexibility index (Phi) is 2.52. The lowest BCUT2D eigenvalue weighted by Crippen LogP contribution is -2.52. The van der Waals surface area contributed by atoms with Crippen molar-refractivity contribution in [3.05, 3.63) is 24.3 Å². The van der Waals surface area contributed by atoms with E-state index in [1.54, 1.807) is 6.08 Å². The highest BCUT2D eigenvalue weighted by molar-refractivity contribution is 5.22. The molecule has 0 aliphatic heterocycles. The van der Waals surface area contributed by atoms with Crippen molar-refractivity contribution in [2.75, 3.05) is 0 Å². The lowest BCUT2D eigenvalue weighted by molar-refractivity contribution is -0.259. The SMILES string of the molecule is CC(C)(C(F)(F)F)C1(O)C=CC=CC1. The van der Waals surface area contributed by atoms with Crippen LogP contribution >= 0.6 is 0 Å². The van der Waals surface area contributed by atoms with Gasteiger partial charge in [-0.2, -0.15) is 13.2 Å². The number of allylic oxidation sites excluding steroid dienone is 2. The maximum Gasteiger partial charge on any atom is 0.397 e. The average Bonchev–Trinajstić information content (AvgIpc) is 2.03. The predicted octanol–water partition coefficient (Wildman–Crippen LogP) is 2.82. The standard InChI is InChI=1S/C10H13F3O/c1-8(2,10(11,12)13)9(14)6-4-3-5-7-9/h3-6,14H,7H2,1-2H3. The van der Waals surface area contributed by atoms with Crippen molar-refractivity contribution in [1.29, 1.82) is 0 Å². The molecule has 1 aliphatic carbocycles. The Morgan fingerprint density at radius 1 is 1.21 bits per heavy atom. The summed E-state index contributed by atoms with van der Waals surface area (Å²) in [4.78, 5) is 0. The molecule has 0 bridgehead atoms. The summed E-state index contributed by atoms with van der Waals surface area (Å²) in [5.74, 6) is 0. The van der Waals surface area contributed by atoms with E-state index >= 15 is 0 Å². The fourth-order valence-electron chi connectivity index (χ4n) is 1.32. The number of rotatable bonds is 1. The zero-order chi connectivity index (χ0) is 11.0. The minimum atomic E-state index is -4.42. The van der Waals surface area contributed by atoms with Crippen molar-refractivity contribution < 1.29 is 18.3 Å². The highest BCUT2D eigenvalue weighted by Gasteiger charge is 2.58. The quantitative estimate of drug-likeness (QED) is 0.699. The second-order valence-corrected chi connectivity index (χ2v) is 4.04. The molecular formula is C10H13F3O. The van der Waals surface area contributed by atoms with Crippen molar-refractivity contribution in [2.24, 2.45) is 5.41 Å². The number of hydrogen-bond donors (Lipinski definition) is 1. The topological polar surface area (TPSA) is 20.2 Å². The second kappa shape index (κ2) is 3.12. The minimum absolute atomic E-state index is 0.00396. The Hall–Kier alpha value is -0.770. The highest BCUT2D eigenvalue weighted by atomic mass is 19.4. The van der Waals surface area contributed by atoms with Gasteiger partial charge >= 0.3 is 6.18 Å². The van der Waals surface area contributed by atoms with Crippen LogP contribution in [0.2, 0.25) is 0 Å². The van der Waals surface area contributed by atoms with Crippen LogP contribution in [0.5, 0.6) is 0 Å². The monoisotopic (exact) mass is 206 g/mol. The number of aliphatic hydroxyl groups is 1. The van der Waals surface area contributed by atoms with Crippen LogP contribution in [0, 0.1) is 5.41 Å². The zero-order valence-corrected chi connectivity index (χ0v) is 8.10. The summed E-state index contributed by atoms with van der Waals surface area (Å²) in [5.41, 5.74) is -3.97. The molecule has 0 saturated carbocycles. The molecule has 0 amide bonds. The molecule has 1 nitrogen and oxygen atoms in total. The molecule has 1 N–H and O–H groups in total. The van der Waals surface area contributed by atoms with E-state index in [1.807, 2.05) is 0 Å². The predicted molar refractivity (Wildman–Crippen MR) is 47.7 cm³/mol. The van der Waals surface area contributed by atoms with E-state index < -0.39 is 17.2 Å². The lowest BCUT2D eigenvalue weighted by atomic mass is 9.71. The molecule has 4 heteroatoms. The van der Waals surface area contributed by atoms with Crippen molar-refractivity contribution in [3.63, 3.8) is 0 Å². The smallest absolute Gasteiger partial charge is 0.385 e. The third-order valence-corrected chi connectivity index (χ3v) is 2.84. The van der Waals surface area contributed by atoms with E-state index in [0.717, 1.165) is 13.8 Å². The molecule has 0 aromatic heterocycles. The zero-order valence-electron chi connectivity index (χ0n) is 8.10. The van der Waals surface area contributed by atoms with Gasteiger partial charge in [-0.05, 0) is 20.3 Å². The molecule has 14 heavy (non-hydrogen) atoms. The third kappa shape index (κ3) is 1.59. The van der Waals surface area contributed by atoms with Gasteiger partial charge in [0.1, 0.15) is 5.60 Å². The summed E-state index contributed by atoms with van der Waals surface area (Å²) in [7, 11) is 0. The van der Waals surface area contributed by atoms with Gasteiger partial charge in [-0.3, -0.25) is 0 Å². The van der Waals surface area contributed by atoms with Crippen LogP contribution in [0.4, 0.5) is 13.2 Å². The maximum atomic E-state index is 12.6. The van der Waals surface area contributed by atoms with Gasteiger partial charge < -0.3 is 5.11 Å². The van der Waals surface area contributed by atoms with Crippen molar-refractivity contribution in [3.8, 4) is 0 Å². The van der Waals surface area contributed by atoms with Gasteiger partial charge in [-0.1, -0.05) is 24.3 Å². The molecular weight excluding hydrogens is 193 g/mol. The molecule has 0 saturated heterocycles. The van der Waals surface area contributed by atoms with Crippen LogP contribution in [-0.2, 0) is 0 Å².